The monoisotopic (exact) mass is 240 g/mol. The van der Waals surface area contributed by atoms with Gasteiger partial charge in [-0.2, -0.15) is 0 Å². The molecule has 0 aromatic carbocycles. The Kier molecular flexibility index (Phi) is 2.52. The van der Waals surface area contributed by atoms with Gasteiger partial charge in [0.15, 0.2) is 0 Å². The van der Waals surface area contributed by atoms with Gasteiger partial charge in [0.25, 0.3) is 0 Å². The molecule has 2 aliphatic rings. The summed E-state index contributed by atoms with van der Waals surface area (Å²) < 4.78 is 5.43. The molecule has 1 heterocycles. The second-order valence-corrected chi connectivity index (χ2v) is 7.09. The van der Waals surface area contributed by atoms with Gasteiger partial charge in [-0.25, -0.2) is 4.79 Å². The van der Waals surface area contributed by atoms with Crippen molar-refractivity contribution < 1.29 is 9.53 Å². The number of fused-ring (bicyclic) bond motifs is 2. The van der Waals surface area contributed by atoms with E-state index in [1.807, 2.05) is 0 Å². The van der Waals surface area contributed by atoms with Crippen molar-refractivity contribution in [3.63, 3.8) is 0 Å². The average molecular weight is 240 g/mol. The summed E-state index contributed by atoms with van der Waals surface area (Å²) in [6.45, 7) is 12.0. The van der Waals surface area contributed by atoms with E-state index in [4.69, 9.17) is 10.5 Å². The van der Waals surface area contributed by atoms with E-state index < -0.39 is 6.09 Å². The first-order valence-electron chi connectivity index (χ1n) is 6.33. The van der Waals surface area contributed by atoms with Gasteiger partial charge < -0.3 is 10.5 Å². The molecule has 3 atom stereocenters. The van der Waals surface area contributed by atoms with Gasteiger partial charge in [-0.3, -0.25) is 4.90 Å². The van der Waals surface area contributed by atoms with E-state index in [1.54, 1.807) is 0 Å². The number of likely N-dealkylation sites (tertiary alicyclic amines) is 1. The maximum absolute atomic E-state index is 11.1. The summed E-state index contributed by atoms with van der Waals surface area (Å²) in [5, 5.41) is 0. The van der Waals surface area contributed by atoms with Gasteiger partial charge in [-0.15, -0.1) is 0 Å². The Morgan fingerprint density at radius 1 is 1.35 bits per heavy atom. The van der Waals surface area contributed by atoms with Crippen LogP contribution < -0.4 is 5.73 Å². The fraction of sp³-hybridized carbons (Fsp3) is 0.923. The Balaban J connectivity index is 2.34. The van der Waals surface area contributed by atoms with Crippen LogP contribution in [0.4, 0.5) is 4.79 Å². The molecule has 1 amide bonds. The summed E-state index contributed by atoms with van der Waals surface area (Å²) in [7, 11) is 0. The van der Waals surface area contributed by atoms with Gasteiger partial charge in [0.05, 0.1) is 5.54 Å². The van der Waals surface area contributed by atoms with Gasteiger partial charge in [0.1, 0.15) is 6.10 Å². The standard InChI is InChI=1S/C13H24N2O2/c1-11(2,3)15-8-12(4)6-7-13(15,5)9(12)17-10(14)16/h9H,6-8H2,1-5H3,(H2,14,16)/t9-,12-,13-/m1/s1. The highest BCUT2D eigenvalue weighted by molar-refractivity contribution is 5.65. The fourth-order valence-corrected chi connectivity index (χ4v) is 3.92. The first-order valence-corrected chi connectivity index (χ1v) is 6.33. The maximum atomic E-state index is 11.1. The second-order valence-electron chi connectivity index (χ2n) is 7.09. The zero-order valence-corrected chi connectivity index (χ0v) is 11.5. The number of hydrogen-bond donors (Lipinski definition) is 1. The maximum Gasteiger partial charge on any atom is 0.404 e. The molecule has 1 saturated carbocycles. The lowest BCUT2D eigenvalue weighted by Crippen LogP contribution is -2.55. The highest BCUT2D eigenvalue weighted by Crippen LogP contribution is 2.57. The minimum Gasteiger partial charge on any atom is -0.444 e. The van der Waals surface area contributed by atoms with Crippen molar-refractivity contribution in [1.82, 2.24) is 4.90 Å². The summed E-state index contributed by atoms with van der Waals surface area (Å²) in [6, 6.07) is 0. The van der Waals surface area contributed by atoms with Crippen LogP contribution in [-0.4, -0.2) is 34.7 Å². The number of piperidine rings is 1. The highest BCUT2D eigenvalue weighted by Gasteiger charge is 2.65. The molecular formula is C13H24N2O2. The van der Waals surface area contributed by atoms with E-state index in [-0.39, 0.29) is 22.6 Å². The average Bonchev–Trinajstić information content (AvgIpc) is 2.50. The molecule has 0 spiro atoms. The van der Waals surface area contributed by atoms with Crippen LogP contribution in [0.15, 0.2) is 0 Å². The second kappa shape index (κ2) is 3.37. The number of amides is 1. The van der Waals surface area contributed by atoms with E-state index in [2.05, 4.69) is 39.5 Å². The number of nitrogens with zero attached hydrogens (tertiary/aromatic N) is 1. The molecule has 2 fully saturated rings. The molecule has 4 heteroatoms. The molecule has 4 nitrogen and oxygen atoms in total. The first kappa shape index (κ1) is 12.7. The smallest absolute Gasteiger partial charge is 0.404 e. The Labute approximate surface area is 103 Å². The minimum absolute atomic E-state index is 0.0526. The van der Waals surface area contributed by atoms with Crippen molar-refractivity contribution in [2.75, 3.05) is 6.54 Å². The molecule has 0 aromatic heterocycles. The predicted molar refractivity (Wildman–Crippen MR) is 66.7 cm³/mol. The molecule has 1 aliphatic carbocycles. The lowest BCUT2D eigenvalue weighted by molar-refractivity contribution is -0.00927. The molecule has 2 bridgehead atoms. The summed E-state index contributed by atoms with van der Waals surface area (Å²) in [4.78, 5) is 13.6. The number of ether oxygens (including phenoxy) is 1. The molecule has 1 aliphatic heterocycles. The number of carbonyl (C=O) groups is 1. The van der Waals surface area contributed by atoms with Crippen LogP contribution in [0, 0.1) is 5.41 Å². The molecule has 98 valence electrons. The van der Waals surface area contributed by atoms with Crippen LogP contribution in [0.3, 0.4) is 0 Å². The molecule has 1 saturated heterocycles. The number of primary amides is 1. The van der Waals surface area contributed by atoms with Crippen molar-refractivity contribution in [2.24, 2.45) is 11.1 Å². The summed E-state index contributed by atoms with van der Waals surface area (Å²) in [6.07, 6.45) is 1.45. The van der Waals surface area contributed by atoms with Gasteiger partial charge >= 0.3 is 6.09 Å². The SMILES string of the molecule is CC(C)(C)N1C[C@@]2(C)CC[C@]1(C)[C@@H]2OC(N)=O. The van der Waals surface area contributed by atoms with Crippen LogP contribution in [0.5, 0.6) is 0 Å². The summed E-state index contributed by atoms with van der Waals surface area (Å²) in [5.41, 5.74) is 5.29. The van der Waals surface area contributed by atoms with Crippen LogP contribution >= 0.6 is 0 Å². The van der Waals surface area contributed by atoms with Crippen molar-refractivity contribution in [3.05, 3.63) is 0 Å². The molecular weight excluding hydrogens is 216 g/mol. The molecule has 2 rings (SSSR count). The quantitative estimate of drug-likeness (QED) is 0.764. The van der Waals surface area contributed by atoms with E-state index in [9.17, 15) is 4.79 Å². The third kappa shape index (κ3) is 1.73. The van der Waals surface area contributed by atoms with Crippen LogP contribution in [0.1, 0.15) is 47.5 Å². The van der Waals surface area contributed by atoms with E-state index in [1.165, 1.54) is 0 Å². The van der Waals surface area contributed by atoms with Gasteiger partial charge in [0, 0.05) is 17.5 Å². The van der Waals surface area contributed by atoms with E-state index >= 15 is 0 Å². The fourth-order valence-electron chi connectivity index (χ4n) is 3.92. The topological polar surface area (TPSA) is 55.6 Å². The summed E-state index contributed by atoms with van der Waals surface area (Å²) >= 11 is 0. The van der Waals surface area contributed by atoms with Gasteiger partial charge in [0.2, 0.25) is 0 Å². The van der Waals surface area contributed by atoms with Crippen molar-refractivity contribution in [2.45, 2.75) is 64.6 Å². The molecule has 0 aromatic rings. The van der Waals surface area contributed by atoms with Crippen molar-refractivity contribution in [3.8, 4) is 0 Å². The third-order valence-electron chi connectivity index (χ3n) is 4.58. The minimum atomic E-state index is -0.648. The third-order valence-corrected chi connectivity index (χ3v) is 4.58. The van der Waals surface area contributed by atoms with Gasteiger partial charge in [-0.1, -0.05) is 6.92 Å². The lowest BCUT2D eigenvalue weighted by Gasteiger charge is -2.46. The van der Waals surface area contributed by atoms with E-state index in [0.29, 0.717) is 0 Å². The summed E-state index contributed by atoms with van der Waals surface area (Å²) in [5.74, 6) is 0. The Hall–Kier alpha value is -0.770. The van der Waals surface area contributed by atoms with E-state index in [0.717, 1.165) is 19.4 Å². The Morgan fingerprint density at radius 3 is 2.35 bits per heavy atom. The van der Waals surface area contributed by atoms with Crippen LogP contribution in [-0.2, 0) is 4.74 Å². The normalized spacial score (nSPS) is 41.8. The molecule has 2 N–H and O–H groups in total. The molecule has 17 heavy (non-hydrogen) atoms. The van der Waals surface area contributed by atoms with Crippen LogP contribution in [0.2, 0.25) is 0 Å². The zero-order chi connectivity index (χ0) is 13.1. The van der Waals surface area contributed by atoms with Crippen molar-refractivity contribution in [1.29, 1.82) is 0 Å². The largest absolute Gasteiger partial charge is 0.444 e. The first-order chi connectivity index (χ1) is 7.59. The zero-order valence-electron chi connectivity index (χ0n) is 11.5. The number of nitrogens with two attached hydrogens (primary N) is 1. The van der Waals surface area contributed by atoms with Crippen LogP contribution in [0.25, 0.3) is 0 Å². The Morgan fingerprint density at radius 2 is 1.94 bits per heavy atom. The predicted octanol–water partition coefficient (Wildman–Crippen LogP) is 2.12. The Bertz CT molecular complexity index is 350. The highest BCUT2D eigenvalue weighted by atomic mass is 16.6. The number of carbonyl (C=O) groups excluding carboxylic acids is 1. The molecule has 0 unspecified atom stereocenters. The molecule has 0 radical (unpaired) electrons. The number of hydrogen-bond acceptors (Lipinski definition) is 3. The van der Waals surface area contributed by atoms with Crippen molar-refractivity contribution >= 4 is 6.09 Å². The lowest BCUT2D eigenvalue weighted by atomic mass is 9.87. The number of rotatable bonds is 1. The van der Waals surface area contributed by atoms with Gasteiger partial charge in [-0.05, 0) is 40.5 Å².